The van der Waals surface area contributed by atoms with Crippen LogP contribution in [0.2, 0.25) is 0 Å². The average Bonchev–Trinajstić information content (AvgIpc) is 2.89. The second-order valence-electron chi connectivity index (χ2n) is 5.71. The zero-order valence-electron chi connectivity index (χ0n) is 11.1. The number of nitrogens with one attached hydrogen (secondary N) is 1. The third-order valence-corrected chi connectivity index (χ3v) is 4.47. The van der Waals surface area contributed by atoms with Crippen molar-refractivity contribution in [3.63, 3.8) is 0 Å². The minimum Gasteiger partial charge on any atom is -0.381 e. The summed E-state index contributed by atoms with van der Waals surface area (Å²) in [5.41, 5.74) is 1.28. The molecule has 2 aliphatic rings. The number of benzene rings is 1. The molecule has 3 rings (SSSR count). The van der Waals surface area contributed by atoms with Crippen molar-refractivity contribution in [2.45, 2.75) is 50.6 Å². The van der Waals surface area contributed by atoms with Crippen LogP contribution in [-0.4, -0.2) is 30.1 Å². The van der Waals surface area contributed by atoms with E-state index in [0.717, 1.165) is 6.04 Å². The molecule has 0 radical (unpaired) electrons. The van der Waals surface area contributed by atoms with Gasteiger partial charge in [-0.3, -0.25) is 4.90 Å². The first-order chi connectivity index (χ1) is 8.93. The molecule has 1 saturated carbocycles. The fraction of sp³-hybridized carbons (Fsp3) is 0.625. The average molecular weight is 244 g/mol. The fourth-order valence-corrected chi connectivity index (χ4v) is 3.54. The molecule has 1 N–H and O–H groups in total. The van der Waals surface area contributed by atoms with E-state index >= 15 is 0 Å². The second kappa shape index (κ2) is 5.75. The number of anilines is 1. The first-order valence-electron chi connectivity index (χ1n) is 7.49. The molecule has 1 saturated heterocycles. The van der Waals surface area contributed by atoms with Gasteiger partial charge < -0.3 is 5.32 Å². The van der Waals surface area contributed by atoms with E-state index in [9.17, 15) is 0 Å². The molecule has 18 heavy (non-hydrogen) atoms. The zero-order chi connectivity index (χ0) is 12.2. The first-order valence-corrected chi connectivity index (χ1v) is 7.49. The van der Waals surface area contributed by atoms with Crippen LogP contribution in [0, 0.1) is 0 Å². The molecule has 2 atom stereocenters. The predicted octanol–water partition coefficient (Wildman–Crippen LogP) is 3.51. The molecule has 0 unspecified atom stereocenters. The molecular formula is C16H24N2. The Morgan fingerprint density at radius 2 is 1.67 bits per heavy atom. The Labute approximate surface area is 110 Å². The maximum Gasteiger partial charge on any atom is 0.0416 e. The lowest BCUT2D eigenvalue weighted by molar-refractivity contribution is 0.158. The maximum atomic E-state index is 3.75. The summed E-state index contributed by atoms with van der Waals surface area (Å²) in [5.74, 6) is 0. The first kappa shape index (κ1) is 12.0. The van der Waals surface area contributed by atoms with Crippen molar-refractivity contribution in [1.29, 1.82) is 0 Å². The number of hydrogen-bond donors (Lipinski definition) is 1. The van der Waals surface area contributed by atoms with Crippen molar-refractivity contribution in [1.82, 2.24) is 4.90 Å². The monoisotopic (exact) mass is 244 g/mol. The Hall–Kier alpha value is -1.02. The minimum absolute atomic E-state index is 0.658. The summed E-state index contributed by atoms with van der Waals surface area (Å²) in [7, 11) is 0. The van der Waals surface area contributed by atoms with E-state index in [0.29, 0.717) is 6.04 Å². The van der Waals surface area contributed by atoms with Crippen molar-refractivity contribution in [2.24, 2.45) is 0 Å². The molecule has 2 nitrogen and oxygen atoms in total. The molecule has 2 heteroatoms. The van der Waals surface area contributed by atoms with Gasteiger partial charge in [0.1, 0.15) is 0 Å². The van der Waals surface area contributed by atoms with E-state index in [1.165, 1.54) is 57.3 Å². The van der Waals surface area contributed by atoms with E-state index in [2.05, 4.69) is 40.5 Å². The molecule has 1 heterocycles. The Kier molecular flexibility index (Phi) is 3.84. The van der Waals surface area contributed by atoms with Gasteiger partial charge in [0, 0.05) is 17.8 Å². The largest absolute Gasteiger partial charge is 0.381 e. The van der Waals surface area contributed by atoms with Crippen molar-refractivity contribution >= 4 is 5.69 Å². The highest BCUT2D eigenvalue weighted by Gasteiger charge is 2.32. The van der Waals surface area contributed by atoms with Crippen molar-refractivity contribution in [3.05, 3.63) is 30.3 Å². The predicted molar refractivity (Wildman–Crippen MR) is 76.9 cm³/mol. The van der Waals surface area contributed by atoms with E-state index in [1.807, 2.05) is 0 Å². The zero-order valence-corrected chi connectivity index (χ0v) is 11.1. The van der Waals surface area contributed by atoms with Gasteiger partial charge in [0.15, 0.2) is 0 Å². The molecule has 0 amide bonds. The van der Waals surface area contributed by atoms with Crippen molar-refractivity contribution in [3.8, 4) is 0 Å². The van der Waals surface area contributed by atoms with Crippen LogP contribution in [0.5, 0.6) is 0 Å². The Morgan fingerprint density at radius 1 is 0.889 bits per heavy atom. The van der Waals surface area contributed by atoms with E-state index in [4.69, 9.17) is 0 Å². The van der Waals surface area contributed by atoms with Crippen LogP contribution in [0.15, 0.2) is 30.3 Å². The van der Waals surface area contributed by atoms with Gasteiger partial charge in [-0.25, -0.2) is 0 Å². The minimum atomic E-state index is 0.658. The van der Waals surface area contributed by atoms with E-state index < -0.39 is 0 Å². The smallest absolute Gasteiger partial charge is 0.0416 e. The van der Waals surface area contributed by atoms with Crippen LogP contribution in [-0.2, 0) is 0 Å². The summed E-state index contributed by atoms with van der Waals surface area (Å²) in [6.07, 6.45) is 8.31. The normalized spacial score (nSPS) is 29.3. The number of piperidine rings is 1. The molecule has 1 aliphatic carbocycles. The number of para-hydroxylation sites is 1. The van der Waals surface area contributed by atoms with E-state index in [-0.39, 0.29) is 0 Å². The molecule has 2 fully saturated rings. The van der Waals surface area contributed by atoms with Gasteiger partial charge >= 0.3 is 0 Å². The van der Waals surface area contributed by atoms with Crippen molar-refractivity contribution < 1.29 is 0 Å². The number of hydrogen-bond acceptors (Lipinski definition) is 2. The van der Waals surface area contributed by atoms with Gasteiger partial charge in [-0.05, 0) is 57.3 Å². The highest BCUT2D eigenvalue weighted by molar-refractivity contribution is 5.44. The Bertz CT molecular complexity index is 357. The molecule has 0 aromatic heterocycles. The molecule has 98 valence electrons. The second-order valence-corrected chi connectivity index (χ2v) is 5.71. The Morgan fingerprint density at radius 3 is 2.44 bits per heavy atom. The summed E-state index contributed by atoms with van der Waals surface area (Å²) in [5, 5.41) is 3.75. The SMILES string of the molecule is c1ccc(N[C@H]2CCC[C@H]2N2CCCCC2)cc1. The molecule has 0 spiro atoms. The van der Waals surface area contributed by atoms with Crippen LogP contribution in [0.3, 0.4) is 0 Å². The van der Waals surface area contributed by atoms with Gasteiger partial charge in [0.05, 0.1) is 0 Å². The summed E-state index contributed by atoms with van der Waals surface area (Å²) >= 11 is 0. The molecule has 1 aromatic carbocycles. The third-order valence-electron chi connectivity index (χ3n) is 4.47. The van der Waals surface area contributed by atoms with E-state index in [1.54, 1.807) is 0 Å². The molecule has 0 bridgehead atoms. The van der Waals surface area contributed by atoms with Crippen LogP contribution in [0.1, 0.15) is 38.5 Å². The summed E-state index contributed by atoms with van der Waals surface area (Å²) in [4.78, 5) is 2.73. The van der Waals surface area contributed by atoms with Gasteiger partial charge in [0.2, 0.25) is 0 Å². The topological polar surface area (TPSA) is 15.3 Å². The van der Waals surface area contributed by atoms with Gasteiger partial charge in [-0.1, -0.05) is 24.6 Å². The summed E-state index contributed by atoms with van der Waals surface area (Å²) in [6, 6.07) is 12.1. The lowest BCUT2D eigenvalue weighted by Gasteiger charge is -2.36. The number of likely N-dealkylation sites (tertiary alicyclic amines) is 1. The molecule has 1 aliphatic heterocycles. The maximum absolute atomic E-state index is 3.75. The molecular weight excluding hydrogens is 220 g/mol. The van der Waals surface area contributed by atoms with Crippen LogP contribution in [0.25, 0.3) is 0 Å². The standard InChI is InChI=1S/C16H24N2/c1-3-8-14(9-4-1)17-15-10-7-11-16(15)18-12-5-2-6-13-18/h1,3-4,8-9,15-17H,2,5-7,10-13H2/t15-,16+/m0/s1. The quantitative estimate of drug-likeness (QED) is 0.875. The summed E-state index contributed by atoms with van der Waals surface area (Å²) < 4.78 is 0. The lowest BCUT2D eigenvalue weighted by atomic mass is 10.0. The van der Waals surface area contributed by atoms with Gasteiger partial charge in [-0.15, -0.1) is 0 Å². The van der Waals surface area contributed by atoms with Crippen LogP contribution in [0.4, 0.5) is 5.69 Å². The van der Waals surface area contributed by atoms with Gasteiger partial charge in [0.25, 0.3) is 0 Å². The van der Waals surface area contributed by atoms with Gasteiger partial charge in [-0.2, -0.15) is 0 Å². The third kappa shape index (κ3) is 2.69. The highest BCUT2D eigenvalue weighted by atomic mass is 15.2. The van der Waals surface area contributed by atoms with Crippen molar-refractivity contribution in [2.75, 3.05) is 18.4 Å². The summed E-state index contributed by atoms with van der Waals surface area (Å²) in [6.45, 7) is 2.63. The van der Waals surface area contributed by atoms with Crippen LogP contribution < -0.4 is 5.32 Å². The highest BCUT2D eigenvalue weighted by Crippen LogP contribution is 2.29. The fourth-order valence-electron chi connectivity index (χ4n) is 3.54. The number of rotatable bonds is 3. The Balaban J connectivity index is 1.63. The van der Waals surface area contributed by atoms with Crippen LogP contribution >= 0.6 is 0 Å². The molecule has 1 aromatic rings. The lowest BCUT2D eigenvalue weighted by Crippen LogP contribution is -2.46. The number of nitrogens with zero attached hydrogens (tertiary/aromatic N) is 1.